The number of hydrogen-bond donors (Lipinski definition) is 1. The first kappa shape index (κ1) is 18.4. The molecule has 2 aromatic heterocycles. The van der Waals surface area contributed by atoms with Gasteiger partial charge in [-0.15, -0.1) is 0 Å². The predicted octanol–water partition coefficient (Wildman–Crippen LogP) is 3.90. The molecule has 1 N–H and O–H groups in total. The lowest BCUT2D eigenvalue weighted by atomic mass is 10.2. The fourth-order valence-corrected chi connectivity index (χ4v) is 3.36. The second kappa shape index (κ2) is 7.22. The molecule has 4 rings (SSSR count). The van der Waals surface area contributed by atoms with Crippen molar-refractivity contribution < 1.29 is 4.74 Å². The SMILES string of the molecule is Cn1c(COc2ccc(Cl)cc2)c2c(=O)n(-c3ccccc3Cl)[nH]c2cc1=O. The minimum atomic E-state index is -0.312. The number of rotatable bonds is 4. The molecule has 0 spiro atoms. The van der Waals surface area contributed by atoms with Gasteiger partial charge in [0, 0.05) is 18.1 Å². The first-order valence-corrected chi connectivity index (χ1v) is 9.18. The summed E-state index contributed by atoms with van der Waals surface area (Å²) in [5, 5.41) is 4.35. The van der Waals surface area contributed by atoms with Gasteiger partial charge in [0.25, 0.3) is 11.1 Å². The molecule has 6 nitrogen and oxygen atoms in total. The molecule has 0 amide bonds. The normalized spacial score (nSPS) is 11.1. The van der Waals surface area contributed by atoms with Gasteiger partial charge in [0.1, 0.15) is 12.4 Å². The first-order chi connectivity index (χ1) is 13.5. The topological polar surface area (TPSA) is 69.0 Å². The van der Waals surface area contributed by atoms with Crippen LogP contribution < -0.4 is 15.9 Å². The van der Waals surface area contributed by atoms with Crippen LogP contribution >= 0.6 is 23.2 Å². The number of H-pyrrole nitrogens is 1. The van der Waals surface area contributed by atoms with Gasteiger partial charge >= 0.3 is 0 Å². The number of para-hydroxylation sites is 1. The van der Waals surface area contributed by atoms with Crippen LogP contribution in [0.25, 0.3) is 16.6 Å². The summed E-state index contributed by atoms with van der Waals surface area (Å²) >= 11 is 12.1. The summed E-state index contributed by atoms with van der Waals surface area (Å²) in [6.45, 7) is 0.0420. The maximum atomic E-state index is 13.1. The molecule has 0 saturated carbocycles. The van der Waals surface area contributed by atoms with Gasteiger partial charge in [-0.25, -0.2) is 4.68 Å². The van der Waals surface area contributed by atoms with Gasteiger partial charge in [-0.05, 0) is 36.4 Å². The molecule has 0 radical (unpaired) electrons. The zero-order valence-electron chi connectivity index (χ0n) is 14.8. The second-order valence-electron chi connectivity index (χ2n) is 6.22. The van der Waals surface area contributed by atoms with Gasteiger partial charge in [0.15, 0.2) is 0 Å². The molecule has 2 heterocycles. The van der Waals surface area contributed by atoms with Crippen LogP contribution in [0.3, 0.4) is 0 Å². The largest absolute Gasteiger partial charge is 0.487 e. The van der Waals surface area contributed by atoms with Crippen LogP contribution in [0.2, 0.25) is 10.0 Å². The van der Waals surface area contributed by atoms with Crippen LogP contribution in [0, 0.1) is 0 Å². The smallest absolute Gasteiger partial charge is 0.281 e. The molecule has 0 aliphatic rings. The van der Waals surface area contributed by atoms with E-state index in [-0.39, 0.29) is 17.7 Å². The third-order valence-corrected chi connectivity index (χ3v) is 5.06. The Hall–Kier alpha value is -2.96. The maximum Gasteiger partial charge on any atom is 0.281 e. The molecule has 28 heavy (non-hydrogen) atoms. The number of pyridine rings is 1. The van der Waals surface area contributed by atoms with Gasteiger partial charge in [0.05, 0.1) is 27.3 Å². The van der Waals surface area contributed by atoms with E-state index in [1.807, 2.05) is 0 Å². The van der Waals surface area contributed by atoms with E-state index in [2.05, 4.69) is 5.10 Å². The van der Waals surface area contributed by atoms with Crippen molar-refractivity contribution in [3.63, 3.8) is 0 Å². The Morgan fingerprint density at radius 3 is 2.46 bits per heavy atom. The van der Waals surface area contributed by atoms with Crippen molar-refractivity contribution in [2.75, 3.05) is 0 Å². The lowest BCUT2D eigenvalue weighted by Crippen LogP contribution is -2.23. The summed E-state index contributed by atoms with van der Waals surface area (Å²) in [4.78, 5) is 25.5. The lowest BCUT2D eigenvalue weighted by Gasteiger charge is -2.10. The molecule has 2 aromatic carbocycles. The van der Waals surface area contributed by atoms with Crippen LogP contribution in [-0.2, 0) is 13.7 Å². The van der Waals surface area contributed by atoms with E-state index in [0.29, 0.717) is 38.1 Å². The average molecular weight is 416 g/mol. The van der Waals surface area contributed by atoms with Crippen molar-refractivity contribution in [2.24, 2.45) is 7.05 Å². The molecular formula is C20H15Cl2N3O3. The van der Waals surface area contributed by atoms with Crippen molar-refractivity contribution in [1.29, 1.82) is 0 Å². The molecule has 0 aliphatic carbocycles. The number of aromatic nitrogens is 3. The standard InChI is InChI=1S/C20H15Cl2N3O3/c1-24-17(11-28-13-8-6-12(21)7-9-13)19-15(10-18(24)26)23-25(20(19)27)16-5-3-2-4-14(16)22/h2-10,23H,11H2,1H3. The molecule has 8 heteroatoms. The highest BCUT2D eigenvalue weighted by atomic mass is 35.5. The molecule has 0 saturated heterocycles. The number of nitrogens with one attached hydrogen (secondary N) is 1. The molecule has 0 aliphatic heterocycles. The summed E-state index contributed by atoms with van der Waals surface area (Å²) in [5.41, 5.74) is 0.820. The quantitative estimate of drug-likeness (QED) is 0.549. The van der Waals surface area contributed by atoms with Gasteiger partial charge in [-0.2, -0.15) is 0 Å². The maximum absolute atomic E-state index is 13.1. The van der Waals surface area contributed by atoms with E-state index in [4.69, 9.17) is 27.9 Å². The second-order valence-corrected chi connectivity index (χ2v) is 7.07. The molecule has 4 aromatic rings. The summed E-state index contributed by atoms with van der Waals surface area (Å²) in [6, 6.07) is 15.2. The zero-order chi connectivity index (χ0) is 19.8. The van der Waals surface area contributed by atoms with E-state index in [1.54, 1.807) is 55.6 Å². The Labute approximate surface area is 169 Å². The third kappa shape index (κ3) is 3.21. The number of nitrogens with zero attached hydrogens (tertiary/aromatic N) is 2. The molecule has 142 valence electrons. The number of aromatic amines is 1. The first-order valence-electron chi connectivity index (χ1n) is 8.42. The number of ether oxygens (including phenoxy) is 1. The van der Waals surface area contributed by atoms with E-state index in [1.165, 1.54) is 15.3 Å². The number of hydrogen-bond acceptors (Lipinski definition) is 3. The summed E-state index contributed by atoms with van der Waals surface area (Å²) < 4.78 is 8.52. The molecular weight excluding hydrogens is 401 g/mol. The van der Waals surface area contributed by atoms with Gasteiger partial charge in [0.2, 0.25) is 0 Å². The van der Waals surface area contributed by atoms with Crippen LogP contribution in [0.5, 0.6) is 5.75 Å². The van der Waals surface area contributed by atoms with E-state index in [0.717, 1.165) is 0 Å². The fourth-order valence-electron chi connectivity index (χ4n) is 3.01. The highest BCUT2D eigenvalue weighted by molar-refractivity contribution is 6.32. The number of fused-ring (bicyclic) bond motifs is 1. The highest BCUT2D eigenvalue weighted by Crippen LogP contribution is 2.21. The van der Waals surface area contributed by atoms with Crippen LogP contribution in [0.4, 0.5) is 0 Å². The fraction of sp³-hybridized carbons (Fsp3) is 0.100. The lowest BCUT2D eigenvalue weighted by molar-refractivity contribution is 0.297. The minimum Gasteiger partial charge on any atom is -0.487 e. The Morgan fingerprint density at radius 1 is 1.04 bits per heavy atom. The molecule has 0 atom stereocenters. The van der Waals surface area contributed by atoms with Crippen molar-refractivity contribution >= 4 is 34.1 Å². The van der Waals surface area contributed by atoms with E-state index < -0.39 is 0 Å². The van der Waals surface area contributed by atoms with Crippen molar-refractivity contribution in [3.8, 4) is 11.4 Å². The summed E-state index contributed by atoms with van der Waals surface area (Å²) in [5.74, 6) is 0.579. The number of benzene rings is 2. The Bertz CT molecular complexity index is 1290. The summed E-state index contributed by atoms with van der Waals surface area (Å²) in [6.07, 6.45) is 0. The number of halogens is 2. The Kier molecular flexibility index (Phi) is 4.75. The van der Waals surface area contributed by atoms with Crippen molar-refractivity contribution in [1.82, 2.24) is 14.3 Å². The molecule has 0 unspecified atom stereocenters. The van der Waals surface area contributed by atoms with Crippen LogP contribution in [0.15, 0.2) is 64.2 Å². The van der Waals surface area contributed by atoms with E-state index >= 15 is 0 Å². The van der Waals surface area contributed by atoms with Crippen LogP contribution in [0.1, 0.15) is 5.69 Å². The third-order valence-electron chi connectivity index (χ3n) is 4.49. The van der Waals surface area contributed by atoms with Crippen LogP contribution in [-0.4, -0.2) is 14.3 Å². The van der Waals surface area contributed by atoms with E-state index in [9.17, 15) is 9.59 Å². The van der Waals surface area contributed by atoms with Gasteiger partial charge < -0.3 is 9.30 Å². The minimum absolute atomic E-state index is 0.0420. The van der Waals surface area contributed by atoms with Crippen molar-refractivity contribution in [3.05, 3.63) is 91.0 Å². The molecule has 0 fully saturated rings. The molecule has 0 bridgehead atoms. The van der Waals surface area contributed by atoms with Gasteiger partial charge in [-0.1, -0.05) is 35.3 Å². The van der Waals surface area contributed by atoms with Gasteiger partial charge in [-0.3, -0.25) is 14.7 Å². The summed E-state index contributed by atoms with van der Waals surface area (Å²) in [7, 11) is 1.61. The Morgan fingerprint density at radius 2 is 1.75 bits per heavy atom. The highest BCUT2D eigenvalue weighted by Gasteiger charge is 2.18. The Balaban J connectivity index is 1.84. The predicted molar refractivity (Wildman–Crippen MR) is 110 cm³/mol. The average Bonchev–Trinajstić information content (AvgIpc) is 3.00. The monoisotopic (exact) mass is 415 g/mol. The zero-order valence-corrected chi connectivity index (χ0v) is 16.3. The van der Waals surface area contributed by atoms with Crippen molar-refractivity contribution in [2.45, 2.75) is 6.61 Å².